The molecular formula is C25H28O8. The van der Waals surface area contributed by atoms with E-state index in [-0.39, 0.29) is 29.7 Å². The fraction of sp³-hybridized carbons (Fsp3) is 0.480. The molecule has 0 aromatic heterocycles. The molecule has 1 aromatic carbocycles. The van der Waals surface area contributed by atoms with Gasteiger partial charge in [0.25, 0.3) is 0 Å². The Bertz CT molecular complexity index is 1200. The van der Waals surface area contributed by atoms with Crippen molar-refractivity contribution >= 4 is 17.7 Å². The van der Waals surface area contributed by atoms with Crippen LogP contribution in [-0.2, 0) is 39.8 Å². The minimum absolute atomic E-state index is 0.0414. The normalized spacial score (nSPS) is 32.3. The number of hydrogen-bond acceptors (Lipinski definition) is 8. The number of rotatable bonds is 6. The molecule has 8 nitrogen and oxygen atoms in total. The van der Waals surface area contributed by atoms with E-state index in [2.05, 4.69) is 0 Å². The fourth-order valence-corrected chi connectivity index (χ4v) is 5.09. The van der Waals surface area contributed by atoms with Gasteiger partial charge >= 0.3 is 11.9 Å². The Morgan fingerprint density at radius 1 is 1.24 bits per heavy atom. The second kappa shape index (κ2) is 9.11. The maximum atomic E-state index is 13.2. The van der Waals surface area contributed by atoms with Crippen molar-refractivity contribution in [1.29, 1.82) is 0 Å². The SMILES string of the molecule is [2H]C([2H])([2H])OC(OC([2H])([2H])[2H])C1=CC(=O)C2=C(C)C[C@H](OC(=O)Cc3ccc(O)cc3)[C@@H]3[C@H](OC(=O)[C@H]3C)[C@@H]12. The molecule has 0 saturated carbocycles. The average Bonchev–Trinajstić information content (AvgIpc) is 3.24. The first kappa shape index (κ1) is 16.6. The molecule has 1 N–H and O–H groups in total. The van der Waals surface area contributed by atoms with Crippen LogP contribution >= 0.6 is 0 Å². The first-order valence-corrected chi connectivity index (χ1v) is 10.5. The quantitative estimate of drug-likeness (QED) is 0.507. The van der Waals surface area contributed by atoms with Crippen molar-refractivity contribution in [1.82, 2.24) is 0 Å². The van der Waals surface area contributed by atoms with Crippen molar-refractivity contribution in [2.24, 2.45) is 17.8 Å². The summed E-state index contributed by atoms with van der Waals surface area (Å²) >= 11 is 0. The summed E-state index contributed by atoms with van der Waals surface area (Å²) in [5.41, 5.74) is 1.19. The number of ketones is 1. The van der Waals surface area contributed by atoms with Gasteiger partial charge in [-0.2, -0.15) is 0 Å². The van der Waals surface area contributed by atoms with Crippen LogP contribution in [0.15, 0.2) is 47.1 Å². The fourth-order valence-electron chi connectivity index (χ4n) is 5.09. The van der Waals surface area contributed by atoms with Crippen molar-refractivity contribution in [3.63, 3.8) is 0 Å². The van der Waals surface area contributed by atoms with Gasteiger partial charge in [-0.25, -0.2) is 0 Å². The second-order valence-electron chi connectivity index (χ2n) is 8.59. The highest BCUT2D eigenvalue weighted by Crippen LogP contribution is 2.49. The van der Waals surface area contributed by atoms with Crippen LogP contribution in [0.1, 0.15) is 34.1 Å². The van der Waals surface area contributed by atoms with Gasteiger partial charge < -0.3 is 24.1 Å². The van der Waals surface area contributed by atoms with E-state index in [1.165, 1.54) is 12.1 Å². The highest BCUT2D eigenvalue weighted by Gasteiger charge is 2.56. The number of fused-ring (bicyclic) bond motifs is 3. The summed E-state index contributed by atoms with van der Waals surface area (Å²) in [6, 6.07) is 6.01. The van der Waals surface area contributed by atoms with Crippen LogP contribution < -0.4 is 0 Å². The zero-order chi connectivity index (χ0) is 28.9. The molecule has 0 unspecified atom stereocenters. The van der Waals surface area contributed by atoms with E-state index in [1.54, 1.807) is 26.0 Å². The molecule has 1 saturated heterocycles. The van der Waals surface area contributed by atoms with E-state index in [0.717, 1.165) is 6.08 Å². The van der Waals surface area contributed by atoms with E-state index in [0.29, 0.717) is 11.1 Å². The standard InChI is InChI=1S/C25H28O8/c1-12-9-18(32-19(28)10-14-5-7-15(26)8-6-14)21-13(2)24(29)33-23(21)22-16(25(30-3)31-4)11-17(27)20(12)22/h5-8,11,13,18,21-23,25-26H,9-10H2,1-4H3/t13-,18-,21+,22-,23-/m0/s1/i3D3,4D3. The Balaban J connectivity index is 1.69. The number of carbonyl (C=O) groups is 3. The molecule has 0 amide bonds. The summed E-state index contributed by atoms with van der Waals surface area (Å²) < 4.78 is 66.4. The maximum Gasteiger partial charge on any atom is 0.310 e. The molecular weight excluding hydrogens is 428 g/mol. The predicted octanol–water partition coefficient (Wildman–Crippen LogP) is 2.49. The summed E-state index contributed by atoms with van der Waals surface area (Å²) in [5.74, 6) is -4.26. The molecule has 8 heteroatoms. The van der Waals surface area contributed by atoms with Crippen LogP contribution in [0, 0.1) is 17.8 Å². The summed E-state index contributed by atoms with van der Waals surface area (Å²) in [7, 11) is -6.14. The van der Waals surface area contributed by atoms with Gasteiger partial charge in [-0.1, -0.05) is 24.6 Å². The van der Waals surface area contributed by atoms with Crippen molar-refractivity contribution in [3.8, 4) is 5.75 Å². The van der Waals surface area contributed by atoms with E-state index < -0.39 is 68.0 Å². The van der Waals surface area contributed by atoms with Crippen LogP contribution in [0.3, 0.4) is 0 Å². The van der Waals surface area contributed by atoms with E-state index in [1.807, 2.05) is 0 Å². The van der Waals surface area contributed by atoms with Gasteiger partial charge in [-0.05, 0) is 30.7 Å². The molecule has 0 radical (unpaired) electrons. The number of ether oxygens (including phenoxy) is 4. The topological polar surface area (TPSA) is 108 Å². The maximum absolute atomic E-state index is 13.2. The van der Waals surface area contributed by atoms with Gasteiger partial charge in [0.1, 0.15) is 18.0 Å². The van der Waals surface area contributed by atoms with Crippen LogP contribution in [-0.4, -0.2) is 55.4 Å². The van der Waals surface area contributed by atoms with Gasteiger partial charge in [-0.3, -0.25) is 14.4 Å². The number of carbonyl (C=O) groups excluding carboxylic acids is 3. The molecule has 176 valence electrons. The number of phenolic OH excluding ortho intramolecular Hbond substituents is 1. The Kier molecular flexibility index (Phi) is 4.59. The monoisotopic (exact) mass is 462 g/mol. The van der Waals surface area contributed by atoms with Gasteiger partial charge in [0.15, 0.2) is 12.1 Å². The lowest BCUT2D eigenvalue weighted by molar-refractivity contribution is -0.153. The number of esters is 2. The molecule has 1 aliphatic heterocycles. The van der Waals surface area contributed by atoms with Crippen LogP contribution in [0.25, 0.3) is 0 Å². The van der Waals surface area contributed by atoms with E-state index in [4.69, 9.17) is 27.2 Å². The molecule has 33 heavy (non-hydrogen) atoms. The van der Waals surface area contributed by atoms with Gasteiger partial charge in [0.05, 0.1) is 26.5 Å². The lowest BCUT2D eigenvalue weighted by Crippen LogP contribution is -2.39. The largest absolute Gasteiger partial charge is 0.508 e. The minimum atomic E-state index is -3.07. The molecule has 2 aliphatic carbocycles. The zero-order valence-electron chi connectivity index (χ0n) is 24.1. The smallest absolute Gasteiger partial charge is 0.310 e. The number of methoxy groups -OCH3 is 2. The Hall–Kier alpha value is -2.97. The molecule has 5 atom stereocenters. The average molecular weight is 463 g/mol. The summed E-state index contributed by atoms with van der Waals surface area (Å²) in [6.45, 7) is 3.25. The molecule has 1 fully saturated rings. The van der Waals surface area contributed by atoms with Crippen molar-refractivity contribution in [3.05, 3.63) is 52.6 Å². The minimum Gasteiger partial charge on any atom is -0.508 e. The number of phenols is 1. The predicted molar refractivity (Wildman–Crippen MR) is 116 cm³/mol. The highest BCUT2D eigenvalue weighted by atomic mass is 16.7. The first-order chi connectivity index (χ1) is 18.0. The van der Waals surface area contributed by atoms with Gasteiger partial charge in [0, 0.05) is 37.6 Å². The van der Waals surface area contributed by atoms with Crippen molar-refractivity contribution in [2.45, 2.75) is 45.2 Å². The summed E-state index contributed by atoms with van der Waals surface area (Å²) in [5, 5.41) is 9.47. The van der Waals surface area contributed by atoms with Crippen LogP contribution in [0.5, 0.6) is 5.75 Å². The molecule has 0 spiro atoms. The van der Waals surface area contributed by atoms with Crippen LogP contribution in [0.4, 0.5) is 0 Å². The van der Waals surface area contributed by atoms with Gasteiger partial charge in [-0.15, -0.1) is 0 Å². The number of hydrogen-bond donors (Lipinski definition) is 1. The molecule has 1 heterocycles. The number of allylic oxidation sites excluding steroid dienone is 1. The third-order valence-corrected chi connectivity index (χ3v) is 6.59. The van der Waals surface area contributed by atoms with E-state index >= 15 is 0 Å². The first-order valence-electron chi connectivity index (χ1n) is 13.5. The van der Waals surface area contributed by atoms with Crippen molar-refractivity contribution in [2.75, 3.05) is 14.1 Å². The second-order valence-corrected chi connectivity index (χ2v) is 8.59. The van der Waals surface area contributed by atoms with Crippen LogP contribution in [0.2, 0.25) is 0 Å². The highest BCUT2D eigenvalue weighted by molar-refractivity contribution is 6.09. The Morgan fingerprint density at radius 3 is 2.61 bits per heavy atom. The Morgan fingerprint density at radius 2 is 1.94 bits per heavy atom. The lowest BCUT2D eigenvalue weighted by Gasteiger charge is -2.31. The summed E-state index contributed by atoms with van der Waals surface area (Å²) in [6.07, 6.45) is -2.87. The van der Waals surface area contributed by atoms with Crippen molar-refractivity contribution < 1.29 is 46.7 Å². The molecule has 3 aliphatic rings. The summed E-state index contributed by atoms with van der Waals surface area (Å²) in [4.78, 5) is 38.8. The molecule has 1 aromatic rings. The number of aromatic hydroxyl groups is 1. The lowest BCUT2D eigenvalue weighted by atomic mass is 9.79. The third kappa shape index (κ3) is 4.20. The Labute approximate surface area is 200 Å². The zero-order valence-corrected chi connectivity index (χ0v) is 18.1. The molecule has 0 bridgehead atoms. The third-order valence-electron chi connectivity index (χ3n) is 6.59. The number of benzene rings is 1. The van der Waals surface area contributed by atoms with E-state index in [9.17, 15) is 19.5 Å². The molecule has 4 rings (SSSR count). The van der Waals surface area contributed by atoms with Gasteiger partial charge in [0.2, 0.25) is 0 Å².